The van der Waals surface area contributed by atoms with Gasteiger partial charge in [-0.2, -0.15) is 0 Å². The van der Waals surface area contributed by atoms with Crippen LogP contribution in [0.25, 0.3) is 0 Å². The van der Waals surface area contributed by atoms with Crippen molar-refractivity contribution in [2.24, 2.45) is 5.92 Å². The van der Waals surface area contributed by atoms with E-state index in [-0.39, 0.29) is 5.92 Å². The Bertz CT molecular complexity index is 388. The van der Waals surface area contributed by atoms with Crippen LogP contribution in [0.5, 0.6) is 0 Å². The maximum Gasteiger partial charge on any atom is 0.307 e. The average molecular weight is 235 g/mol. The summed E-state index contributed by atoms with van der Waals surface area (Å²) in [5, 5.41) is 11.9. The van der Waals surface area contributed by atoms with Crippen molar-refractivity contribution in [2.45, 2.75) is 27.2 Å². The predicted octanol–water partition coefficient (Wildman–Crippen LogP) is 2.16. The minimum absolute atomic E-state index is 0.325. The highest BCUT2D eigenvalue weighted by atomic mass is 16.4. The van der Waals surface area contributed by atoms with Crippen molar-refractivity contribution in [1.82, 2.24) is 5.32 Å². The zero-order chi connectivity index (χ0) is 12.8. The highest BCUT2D eigenvalue weighted by molar-refractivity contribution is 5.69. The monoisotopic (exact) mass is 235 g/mol. The molecule has 1 rings (SSSR count). The molecule has 0 fully saturated rings. The van der Waals surface area contributed by atoms with E-state index in [1.54, 1.807) is 6.92 Å². The fourth-order valence-electron chi connectivity index (χ4n) is 1.70. The van der Waals surface area contributed by atoms with Crippen LogP contribution in [-0.4, -0.2) is 24.2 Å². The quantitative estimate of drug-likeness (QED) is 0.743. The van der Waals surface area contributed by atoms with Crippen molar-refractivity contribution < 1.29 is 9.90 Å². The summed E-state index contributed by atoms with van der Waals surface area (Å²) in [6.45, 7) is 7.26. The third-order valence-electron chi connectivity index (χ3n) is 2.95. The minimum Gasteiger partial charge on any atom is -0.481 e. The molecule has 0 aliphatic heterocycles. The number of hydrogen-bond donors (Lipinski definition) is 2. The van der Waals surface area contributed by atoms with Gasteiger partial charge in [-0.1, -0.05) is 30.7 Å². The van der Waals surface area contributed by atoms with Crippen molar-refractivity contribution in [3.05, 3.63) is 34.9 Å². The van der Waals surface area contributed by atoms with Gasteiger partial charge in [0.2, 0.25) is 0 Å². The lowest BCUT2D eigenvalue weighted by Gasteiger charge is -2.10. The molecule has 0 aliphatic carbocycles. The molecule has 0 spiro atoms. The number of hydrogen-bond acceptors (Lipinski definition) is 2. The van der Waals surface area contributed by atoms with Crippen LogP contribution in [-0.2, 0) is 11.2 Å². The Balaban J connectivity index is 2.36. The number of rotatable bonds is 6. The summed E-state index contributed by atoms with van der Waals surface area (Å²) in [6.07, 6.45) is 0.944. The molecule has 1 unspecified atom stereocenters. The van der Waals surface area contributed by atoms with Crippen LogP contribution in [0.1, 0.15) is 23.6 Å². The van der Waals surface area contributed by atoms with E-state index in [1.807, 2.05) is 0 Å². The zero-order valence-electron chi connectivity index (χ0n) is 10.8. The van der Waals surface area contributed by atoms with Crippen LogP contribution in [0.4, 0.5) is 0 Å². The number of carboxylic acid groups (broad SMARTS) is 1. The van der Waals surface area contributed by atoms with Crippen molar-refractivity contribution in [3.8, 4) is 0 Å². The molecule has 1 aromatic rings. The van der Waals surface area contributed by atoms with Crippen LogP contribution in [0.2, 0.25) is 0 Å². The van der Waals surface area contributed by atoms with Gasteiger partial charge in [-0.3, -0.25) is 4.79 Å². The third kappa shape index (κ3) is 4.57. The zero-order valence-corrected chi connectivity index (χ0v) is 10.8. The van der Waals surface area contributed by atoms with Gasteiger partial charge in [0.25, 0.3) is 0 Å². The van der Waals surface area contributed by atoms with Gasteiger partial charge in [0.15, 0.2) is 0 Å². The maximum absolute atomic E-state index is 10.6. The molecule has 0 heterocycles. The fourth-order valence-corrected chi connectivity index (χ4v) is 1.70. The molecule has 0 bridgehead atoms. The van der Waals surface area contributed by atoms with Gasteiger partial charge in [-0.25, -0.2) is 0 Å². The third-order valence-corrected chi connectivity index (χ3v) is 2.95. The van der Waals surface area contributed by atoms with Crippen molar-refractivity contribution in [3.63, 3.8) is 0 Å². The van der Waals surface area contributed by atoms with Gasteiger partial charge < -0.3 is 10.4 Å². The van der Waals surface area contributed by atoms with Gasteiger partial charge in [-0.05, 0) is 37.9 Å². The average Bonchev–Trinajstić information content (AvgIpc) is 2.28. The molecule has 2 N–H and O–H groups in total. The van der Waals surface area contributed by atoms with Crippen LogP contribution < -0.4 is 5.32 Å². The lowest BCUT2D eigenvalue weighted by atomic mass is 10.0. The van der Waals surface area contributed by atoms with Gasteiger partial charge >= 0.3 is 5.97 Å². The lowest BCUT2D eigenvalue weighted by Crippen LogP contribution is -2.27. The second-order valence-electron chi connectivity index (χ2n) is 4.62. The SMILES string of the molecule is Cc1ccc(C)c(CCNCC(C)C(=O)O)c1. The number of aryl methyl sites for hydroxylation is 2. The number of benzene rings is 1. The molecule has 0 saturated carbocycles. The molecule has 3 nitrogen and oxygen atoms in total. The molecule has 94 valence electrons. The Kier molecular flexibility index (Phi) is 5.16. The molecular weight excluding hydrogens is 214 g/mol. The lowest BCUT2D eigenvalue weighted by molar-refractivity contribution is -0.140. The van der Waals surface area contributed by atoms with Gasteiger partial charge in [0.05, 0.1) is 5.92 Å². The highest BCUT2D eigenvalue weighted by Crippen LogP contribution is 2.10. The first-order chi connectivity index (χ1) is 8.00. The smallest absolute Gasteiger partial charge is 0.307 e. The highest BCUT2D eigenvalue weighted by Gasteiger charge is 2.09. The standard InChI is InChI=1S/C14H21NO2/c1-10-4-5-11(2)13(8-10)6-7-15-9-12(3)14(16)17/h4-5,8,12,15H,6-7,9H2,1-3H3,(H,16,17). The Hall–Kier alpha value is -1.35. The van der Waals surface area contributed by atoms with Crippen molar-refractivity contribution in [1.29, 1.82) is 0 Å². The number of aliphatic carboxylic acids is 1. The largest absolute Gasteiger partial charge is 0.481 e. The summed E-state index contributed by atoms with van der Waals surface area (Å²) in [6, 6.07) is 6.43. The summed E-state index contributed by atoms with van der Waals surface area (Å²) in [7, 11) is 0. The Labute approximate surface area is 103 Å². The number of carbonyl (C=O) groups is 1. The Morgan fingerprint density at radius 3 is 2.76 bits per heavy atom. The molecule has 17 heavy (non-hydrogen) atoms. The molecule has 1 atom stereocenters. The summed E-state index contributed by atoms with van der Waals surface area (Å²) in [4.78, 5) is 10.6. The maximum atomic E-state index is 10.6. The van der Waals surface area contributed by atoms with E-state index in [0.717, 1.165) is 13.0 Å². The normalized spacial score (nSPS) is 12.4. The molecule has 3 heteroatoms. The van der Waals surface area contributed by atoms with Gasteiger partial charge in [0.1, 0.15) is 0 Å². The first kappa shape index (κ1) is 13.7. The van der Waals surface area contributed by atoms with E-state index in [9.17, 15) is 4.79 Å². The van der Waals surface area contributed by atoms with E-state index in [2.05, 4.69) is 37.4 Å². The number of carboxylic acids is 1. The molecule has 1 aromatic carbocycles. The summed E-state index contributed by atoms with van der Waals surface area (Å²) in [5.41, 5.74) is 3.90. The molecule has 0 aromatic heterocycles. The van der Waals surface area contributed by atoms with E-state index in [4.69, 9.17) is 5.11 Å². The minimum atomic E-state index is -0.746. The predicted molar refractivity (Wildman–Crippen MR) is 69.3 cm³/mol. The molecular formula is C14H21NO2. The van der Waals surface area contributed by atoms with E-state index >= 15 is 0 Å². The molecule has 0 radical (unpaired) electrons. The van der Waals surface area contributed by atoms with Crippen LogP contribution in [0.15, 0.2) is 18.2 Å². The van der Waals surface area contributed by atoms with Gasteiger partial charge in [-0.15, -0.1) is 0 Å². The molecule has 0 saturated heterocycles. The fraction of sp³-hybridized carbons (Fsp3) is 0.500. The summed E-state index contributed by atoms with van der Waals surface area (Å²) < 4.78 is 0. The van der Waals surface area contributed by atoms with Crippen LogP contribution in [0, 0.1) is 19.8 Å². The van der Waals surface area contributed by atoms with Crippen LogP contribution >= 0.6 is 0 Å². The number of nitrogens with one attached hydrogen (secondary N) is 1. The van der Waals surface area contributed by atoms with Gasteiger partial charge in [0, 0.05) is 6.54 Å². The first-order valence-corrected chi connectivity index (χ1v) is 6.00. The topological polar surface area (TPSA) is 49.3 Å². The summed E-state index contributed by atoms with van der Waals surface area (Å²) in [5.74, 6) is -1.07. The second-order valence-corrected chi connectivity index (χ2v) is 4.62. The summed E-state index contributed by atoms with van der Waals surface area (Å²) >= 11 is 0. The Morgan fingerprint density at radius 1 is 1.41 bits per heavy atom. The van der Waals surface area contributed by atoms with E-state index in [1.165, 1.54) is 16.7 Å². The van der Waals surface area contributed by atoms with E-state index in [0.29, 0.717) is 6.54 Å². The molecule has 0 aliphatic rings. The Morgan fingerprint density at radius 2 is 2.12 bits per heavy atom. The van der Waals surface area contributed by atoms with Crippen LogP contribution in [0.3, 0.4) is 0 Å². The first-order valence-electron chi connectivity index (χ1n) is 6.00. The van der Waals surface area contributed by atoms with E-state index < -0.39 is 5.97 Å². The second kappa shape index (κ2) is 6.40. The van der Waals surface area contributed by atoms with Crippen molar-refractivity contribution in [2.75, 3.05) is 13.1 Å². The van der Waals surface area contributed by atoms with Crippen molar-refractivity contribution >= 4 is 5.97 Å². The molecule has 0 amide bonds.